The number of aromatic nitrogens is 1. The van der Waals surface area contributed by atoms with E-state index in [0.717, 1.165) is 49.8 Å². The molecule has 1 unspecified atom stereocenters. The highest BCUT2D eigenvalue weighted by Gasteiger charge is 2.40. The Bertz CT molecular complexity index is 880. The molecule has 1 amide bonds. The summed E-state index contributed by atoms with van der Waals surface area (Å²) in [6.07, 6.45) is 3.51. The second-order valence-electron chi connectivity index (χ2n) is 7.65. The lowest BCUT2D eigenvalue weighted by Crippen LogP contribution is -2.59. The van der Waals surface area contributed by atoms with Crippen molar-refractivity contribution in [3.8, 4) is 11.3 Å². The van der Waals surface area contributed by atoms with Gasteiger partial charge in [-0.3, -0.25) is 9.69 Å². The number of benzene rings is 1. The third-order valence-electron chi connectivity index (χ3n) is 5.70. The number of amides is 1. The number of oxazole rings is 1. The van der Waals surface area contributed by atoms with Gasteiger partial charge in [0.25, 0.3) is 0 Å². The first-order valence-electron chi connectivity index (χ1n) is 10.1. The molecule has 0 bridgehead atoms. The van der Waals surface area contributed by atoms with Crippen LogP contribution < -0.4 is 5.32 Å². The molecular formula is C21H25Cl2N3O3S. The molecule has 162 valence electrons. The number of carbonyl (C=O) groups is 1. The molecule has 2 aromatic rings. The fourth-order valence-corrected chi connectivity index (χ4v) is 5.93. The minimum atomic E-state index is 0.0174. The number of carbonyl (C=O) groups excluding carboxylic acids is 1. The molecule has 2 fully saturated rings. The largest absolute Gasteiger partial charge is 0.441 e. The number of morpholine rings is 1. The Morgan fingerprint density at radius 2 is 2.13 bits per heavy atom. The Kier molecular flexibility index (Phi) is 7.26. The number of hydrogen-bond acceptors (Lipinski definition) is 6. The topological polar surface area (TPSA) is 67.6 Å². The maximum atomic E-state index is 12.5. The molecule has 0 radical (unpaired) electrons. The summed E-state index contributed by atoms with van der Waals surface area (Å²) in [6.45, 7) is 4.08. The van der Waals surface area contributed by atoms with Crippen molar-refractivity contribution in [2.45, 2.75) is 24.8 Å². The van der Waals surface area contributed by atoms with Crippen molar-refractivity contribution in [2.75, 3.05) is 44.4 Å². The van der Waals surface area contributed by atoms with Crippen LogP contribution in [0.4, 0.5) is 0 Å². The van der Waals surface area contributed by atoms with E-state index < -0.39 is 0 Å². The first-order valence-corrected chi connectivity index (χ1v) is 12.0. The van der Waals surface area contributed by atoms with Gasteiger partial charge in [0, 0.05) is 54.4 Å². The molecule has 9 heteroatoms. The minimum Gasteiger partial charge on any atom is -0.441 e. The standard InChI is InChI=1S/C21H25Cl2N3O3S/c22-15-1-2-16(17(23)11-15)18-12-24-20(29-18)4-3-19(27)25-13-21(5-10-30-14-21)26-6-8-28-9-7-26/h1-2,11-12H,3-10,13-14H2,(H,25,27). The van der Waals surface area contributed by atoms with Gasteiger partial charge in [-0.05, 0) is 30.4 Å². The number of halogens is 2. The molecular weight excluding hydrogens is 445 g/mol. The average Bonchev–Trinajstić information content (AvgIpc) is 3.42. The van der Waals surface area contributed by atoms with E-state index >= 15 is 0 Å². The van der Waals surface area contributed by atoms with Crippen LogP contribution in [0.5, 0.6) is 0 Å². The fraction of sp³-hybridized carbons (Fsp3) is 0.524. The second kappa shape index (κ2) is 9.92. The lowest BCUT2D eigenvalue weighted by Gasteiger charge is -2.43. The van der Waals surface area contributed by atoms with E-state index in [1.54, 1.807) is 24.4 Å². The van der Waals surface area contributed by atoms with Crippen LogP contribution in [-0.4, -0.2) is 65.7 Å². The quantitative estimate of drug-likeness (QED) is 0.662. The van der Waals surface area contributed by atoms with Gasteiger partial charge in [0.1, 0.15) is 0 Å². The molecule has 2 aliphatic rings. The zero-order valence-electron chi connectivity index (χ0n) is 16.7. The molecule has 3 heterocycles. The number of nitrogens with one attached hydrogen (secondary N) is 1. The van der Waals surface area contributed by atoms with E-state index in [2.05, 4.69) is 15.2 Å². The predicted octanol–water partition coefficient (Wildman–Crippen LogP) is 3.91. The summed E-state index contributed by atoms with van der Waals surface area (Å²) in [7, 11) is 0. The molecule has 6 nitrogen and oxygen atoms in total. The number of rotatable bonds is 7. The molecule has 0 saturated carbocycles. The molecule has 30 heavy (non-hydrogen) atoms. The molecule has 0 spiro atoms. The molecule has 2 saturated heterocycles. The normalized spacial score (nSPS) is 22.3. The Hall–Kier alpha value is -1.25. The van der Waals surface area contributed by atoms with Crippen molar-refractivity contribution in [1.29, 1.82) is 0 Å². The predicted molar refractivity (Wildman–Crippen MR) is 120 cm³/mol. The number of nitrogens with zero attached hydrogens (tertiary/aromatic N) is 2. The molecule has 1 atom stereocenters. The summed E-state index contributed by atoms with van der Waals surface area (Å²) in [5, 5.41) is 4.22. The first-order chi connectivity index (χ1) is 14.6. The van der Waals surface area contributed by atoms with Crippen LogP contribution in [0.1, 0.15) is 18.7 Å². The highest BCUT2D eigenvalue weighted by molar-refractivity contribution is 7.99. The molecule has 0 aliphatic carbocycles. The second-order valence-corrected chi connectivity index (χ2v) is 9.59. The fourth-order valence-electron chi connectivity index (χ4n) is 3.95. The van der Waals surface area contributed by atoms with Crippen LogP contribution in [-0.2, 0) is 16.0 Å². The van der Waals surface area contributed by atoms with E-state index in [-0.39, 0.29) is 11.4 Å². The van der Waals surface area contributed by atoms with E-state index in [9.17, 15) is 4.79 Å². The Balaban J connectivity index is 1.30. The Morgan fingerprint density at radius 1 is 1.30 bits per heavy atom. The van der Waals surface area contributed by atoms with Crippen LogP contribution in [0.25, 0.3) is 11.3 Å². The van der Waals surface area contributed by atoms with Crippen LogP contribution >= 0.6 is 35.0 Å². The molecule has 1 aromatic heterocycles. The summed E-state index contributed by atoms with van der Waals surface area (Å²) < 4.78 is 11.3. The monoisotopic (exact) mass is 469 g/mol. The third kappa shape index (κ3) is 5.14. The molecule has 4 rings (SSSR count). The van der Waals surface area contributed by atoms with Crippen molar-refractivity contribution in [1.82, 2.24) is 15.2 Å². The maximum Gasteiger partial charge on any atom is 0.220 e. The summed E-state index contributed by atoms with van der Waals surface area (Å²) in [6, 6.07) is 5.22. The summed E-state index contributed by atoms with van der Waals surface area (Å²) in [5.41, 5.74) is 0.779. The summed E-state index contributed by atoms with van der Waals surface area (Å²) in [5.74, 6) is 3.30. The number of aryl methyl sites for hydroxylation is 1. The van der Waals surface area contributed by atoms with Crippen molar-refractivity contribution in [2.24, 2.45) is 0 Å². The van der Waals surface area contributed by atoms with Crippen LogP contribution in [0.2, 0.25) is 10.0 Å². The van der Waals surface area contributed by atoms with Gasteiger partial charge in [0.15, 0.2) is 11.7 Å². The lowest BCUT2D eigenvalue weighted by atomic mass is 9.95. The Labute approximate surface area is 190 Å². The van der Waals surface area contributed by atoms with E-state index in [0.29, 0.717) is 41.1 Å². The maximum absolute atomic E-state index is 12.5. The van der Waals surface area contributed by atoms with Crippen LogP contribution in [0, 0.1) is 0 Å². The van der Waals surface area contributed by atoms with Crippen molar-refractivity contribution in [3.05, 3.63) is 40.3 Å². The highest BCUT2D eigenvalue weighted by atomic mass is 35.5. The Morgan fingerprint density at radius 3 is 2.87 bits per heavy atom. The summed E-state index contributed by atoms with van der Waals surface area (Å²) >= 11 is 14.1. The van der Waals surface area contributed by atoms with E-state index in [1.165, 1.54) is 0 Å². The minimum absolute atomic E-state index is 0.0174. The van der Waals surface area contributed by atoms with Crippen molar-refractivity contribution >= 4 is 40.9 Å². The smallest absolute Gasteiger partial charge is 0.220 e. The van der Waals surface area contributed by atoms with Crippen molar-refractivity contribution < 1.29 is 13.9 Å². The van der Waals surface area contributed by atoms with Crippen LogP contribution in [0.3, 0.4) is 0 Å². The number of thioether (sulfide) groups is 1. The SMILES string of the molecule is O=C(CCc1ncc(-c2ccc(Cl)cc2Cl)o1)NCC1(N2CCOCC2)CCSC1. The van der Waals surface area contributed by atoms with Gasteiger partial charge in [-0.25, -0.2) is 4.98 Å². The van der Waals surface area contributed by atoms with Crippen molar-refractivity contribution in [3.63, 3.8) is 0 Å². The molecule has 1 N–H and O–H groups in total. The van der Waals surface area contributed by atoms with Crippen LogP contribution in [0.15, 0.2) is 28.8 Å². The van der Waals surface area contributed by atoms with Gasteiger partial charge in [-0.2, -0.15) is 11.8 Å². The number of hydrogen-bond donors (Lipinski definition) is 1. The zero-order valence-corrected chi connectivity index (χ0v) is 19.0. The van der Waals surface area contributed by atoms with Gasteiger partial charge in [0.2, 0.25) is 5.91 Å². The first kappa shape index (κ1) is 22.0. The zero-order chi connectivity index (χ0) is 21.0. The van der Waals surface area contributed by atoms with Gasteiger partial charge in [-0.1, -0.05) is 23.2 Å². The van der Waals surface area contributed by atoms with E-state index in [4.69, 9.17) is 32.4 Å². The van der Waals surface area contributed by atoms with Gasteiger partial charge in [0.05, 0.1) is 24.4 Å². The third-order valence-corrected chi connectivity index (χ3v) is 7.48. The summed E-state index contributed by atoms with van der Waals surface area (Å²) in [4.78, 5) is 19.3. The van der Waals surface area contributed by atoms with Gasteiger partial charge >= 0.3 is 0 Å². The highest BCUT2D eigenvalue weighted by Crippen LogP contribution is 2.34. The van der Waals surface area contributed by atoms with Gasteiger partial charge < -0.3 is 14.5 Å². The number of ether oxygens (including phenoxy) is 1. The van der Waals surface area contributed by atoms with Gasteiger partial charge in [-0.15, -0.1) is 0 Å². The molecule has 1 aromatic carbocycles. The average molecular weight is 470 g/mol. The van der Waals surface area contributed by atoms with E-state index in [1.807, 2.05) is 11.8 Å². The molecule has 2 aliphatic heterocycles. The lowest BCUT2D eigenvalue weighted by molar-refractivity contribution is -0.122.